The summed E-state index contributed by atoms with van der Waals surface area (Å²) in [7, 11) is 0. The molecule has 134 valence electrons. The first-order valence-electron chi connectivity index (χ1n) is 8.28. The van der Waals surface area contributed by atoms with Crippen molar-refractivity contribution in [2.75, 3.05) is 17.2 Å². The highest BCUT2D eigenvalue weighted by atomic mass is 16.5. The van der Waals surface area contributed by atoms with E-state index in [0.29, 0.717) is 28.5 Å². The van der Waals surface area contributed by atoms with Gasteiger partial charge in [0.25, 0.3) is 5.91 Å². The lowest BCUT2D eigenvalue weighted by atomic mass is 10.1. The predicted molar refractivity (Wildman–Crippen MR) is 102 cm³/mol. The molecule has 1 aromatic heterocycles. The number of benzene rings is 2. The number of amides is 2. The highest BCUT2D eigenvalue weighted by Crippen LogP contribution is 2.33. The Morgan fingerprint density at radius 3 is 2.81 bits per heavy atom. The summed E-state index contributed by atoms with van der Waals surface area (Å²) >= 11 is 0. The number of rotatable bonds is 4. The van der Waals surface area contributed by atoms with Crippen LogP contribution in [0.1, 0.15) is 10.4 Å². The van der Waals surface area contributed by atoms with E-state index in [9.17, 15) is 9.59 Å². The third-order valence-corrected chi connectivity index (χ3v) is 4.13. The van der Waals surface area contributed by atoms with E-state index in [2.05, 4.69) is 15.6 Å². The van der Waals surface area contributed by atoms with Crippen molar-refractivity contribution in [2.45, 2.75) is 0 Å². The number of aromatic nitrogens is 1. The lowest BCUT2D eigenvalue weighted by Gasteiger charge is -2.18. The summed E-state index contributed by atoms with van der Waals surface area (Å²) in [5, 5.41) is 5.97. The minimum Gasteiger partial charge on any atom is -0.482 e. The molecule has 7 heteroatoms. The van der Waals surface area contributed by atoms with Gasteiger partial charge < -0.3 is 21.1 Å². The Labute approximate surface area is 155 Å². The molecular weight excluding hydrogens is 344 g/mol. The molecule has 0 radical (unpaired) electrons. The minimum absolute atomic E-state index is 0.0278. The van der Waals surface area contributed by atoms with Crippen LogP contribution in [-0.2, 0) is 4.79 Å². The van der Waals surface area contributed by atoms with Gasteiger partial charge in [-0.1, -0.05) is 12.1 Å². The van der Waals surface area contributed by atoms with Crippen molar-refractivity contribution in [3.63, 3.8) is 0 Å². The van der Waals surface area contributed by atoms with Gasteiger partial charge >= 0.3 is 0 Å². The first-order valence-corrected chi connectivity index (χ1v) is 8.28. The summed E-state index contributed by atoms with van der Waals surface area (Å²) in [6.07, 6.45) is 1.68. The number of primary amides is 1. The maximum Gasteiger partial charge on any atom is 0.262 e. The Hall–Kier alpha value is -3.87. The predicted octanol–water partition coefficient (Wildman–Crippen LogP) is 2.92. The van der Waals surface area contributed by atoms with Crippen LogP contribution in [0, 0.1) is 0 Å². The van der Waals surface area contributed by atoms with Crippen LogP contribution in [-0.4, -0.2) is 23.4 Å². The van der Waals surface area contributed by atoms with E-state index in [1.54, 1.807) is 24.4 Å². The van der Waals surface area contributed by atoms with E-state index >= 15 is 0 Å². The zero-order valence-corrected chi connectivity index (χ0v) is 14.2. The van der Waals surface area contributed by atoms with Gasteiger partial charge in [-0.15, -0.1) is 0 Å². The number of nitrogens with one attached hydrogen (secondary N) is 2. The fourth-order valence-corrected chi connectivity index (χ4v) is 2.84. The Kier molecular flexibility index (Phi) is 4.18. The summed E-state index contributed by atoms with van der Waals surface area (Å²) in [6, 6.07) is 16.3. The maximum absolute atomic E-state index is 11.5. The molecule has 2 heterocycles. The third kappa shape index (κ3) is 3.57. The minimum atomic E-state index is -0.487. The van der Waals surface area contributed by atoms with Crippen LogP contribution < -0.4 is 21.1 Å². The van der Waals surface area contributed by atoms with Gasteiger partial charge in [0.05, 0.1) is 5.69 Å². The molecule has 2 aromatic carbocycles. The van der Waals surface area contributed by atoms with Crippen molar-refractivity contribution in [3.05, 3.63) is 66.4 Å². The van der Waals surface area contributed by atoms with E-state index < -0.39 is 5.91 Å². The van der Waals surface area contributed by atoms with Crippen molar-refractivity contribution in [3.8, 4) is 16.9 Å². The van der Waals surface area contributed by atoms with Crippen LogP contribution in [0.15, 0.2) is 60.8 Å². The van der Waals surface area contributed by atoms with Crippen LogP contribution >= 0.6 is 0 Å². The number of nitrogens with two attached hydrogens (primary N) is 1. The second-order valence-corrected chi connectivity index (χ2v) is 6.05. The molecule has 0 saturated carbocycles. The van der Waals surface area contributed by atoms with Gasteiger partial charge in [0, 0.05) is 17.4 Å². The molecule has 0 saturated heterocycles. The molecule has 3 aromatic rings. The molecule has 0 aliphatic carbocycles. The van der Waals surface area contributed by atoms with Crippen LogP contribution in [0.2, 0.25) is 0 Å². The lowest BCUT2D eigenvalue weighted by Crippen LogP contribution is -2.25. The summed E-state index contributed by atoms with van der Waals surface area (Å²) in [5.41, 5.74) is 8.92. The van der Waals surface area contributed by atoms with Gasteiger partial charge in [-0.05, 0) is 53.6 Å². The summed E-state index contributed by atoms with van der Waals surface area (Å²) in [4.78, 5) is 27.2. The summed E-state index contributed by atoms with van der Waals surface area (Å²) in [5.74, 6) is 0.603. The second kappa shape index (κ2) is 6.80. The molecule has 4 N–H and O–H groups in total. The number of fused-ring (bicyclic) bond motifs is 1. The zero-order chi connectivity index (χ0) is 18.8. The van der Waals surface area contributed by atoms with Crippen LogP contribution in [0.4, 0.5) is 17.2 Å². The highest BCUT2D eigenvalue weighted by Gasteiger charge is 2.16. The van der Waals surface area contributed by atoms with Crippen LogP contribution in [0.3, 0.4) is 0 Å². The van der Waals surface area contributed by atoms with Gasteiger partial charge in [0.15, 0.2) is 6.61 Å². The molecule has 0 unspecified atom stereocenters. The number of carbonyl (C=O) groups is 2. The van der Waals surface area contributed by atoms with E-state index in [-0.39, 0.29) is 12.5 Å². The molecule has 0 spiro atoms. The molecule has 1 aliphatic heterocycles. The number of pyridine rings is 1. The number of hydrogen-bond donors (Lipinski definition) is 3. The van der Waals surface area contributed by atoms with E-state index in [0.717, 1.165) is 11.1 Å². The van der Waals surface area contributed by atoms with Gasteiger partial charge in [-0.3, -0.25) is 9.59 Å². The van der Waals surface area contributed by atoms with Crippen molar-refractivity contribution in [1.82, 2.24) is 4.98 Å². The third-order valence-electron chi connectivity index (χ3n) is 4.13. The summed E-state index contributed by atoms with van der Waals surface area (Å²) in [6.45, 7) is 0.0278. The van der Waals surface area contributed by atoms with Crippen LogP contribution in [0.25, 0.3) is 11.1 Å². The normalized spacial score (nSPS) is 12.5. The molecule has 0 atom stereocenters. The van der Waals surface area contributed by atoms with Crippen molar-refractivity contribution in [1.29, 1.82) is 0 Å². The summed E-state index contributed by atoms with van der Waals surface area (Å²) < 4.78 is 5.39. The molecule has 27 heavy (non-hydrogen) atoms. The second-order valence-electron chi connectivity index (χ2n) is 6.05. The largest absolute Gasteiger partial charge is 0.482 e. The number of ether oxygens (including phenoxy) is 1. The zero-order valence-electron chi connectivity index (χ0n) is 14.2. The fraction of sp³-hybridized carbons (Fsp3) is 0.0500. The van der Waals surface area contributed by atoms with Gasteiger partial charge in [-0.25, -0.2) is 4.98 Å². The molecule has 0 bridgehead atoms. The van der Waals surface area contributed by atoms with Crippen LogP contribution in [0.5, 0.6) is 5.75 Å². The van der Waals surface area contributed by atoms with Crippen molar-refractivity contribution >= 4 is 29.0 Å². The molecule has 1 aliphatic rings. The molecule has 7 nitrogen and oxygen atoms in total. The Morgan fingerprint density at radius 2 is 1.96 bits per heavy atom. The highest BCUT2D eigenvalue weighted by molar-refractivity contribution is 5.96. The quantitative estimate of drug-likeness (QED) is 0.663. The average molecular weight is 360 g/mol. The standard InChI is InChI=1S/C20H16N4O3/c21-20(26)14-2-1-3-15(8-14)23-18-10-13(6-7-22-18)12-4-5-17-16(9-12)24-19(25)11-27-17/h1-10H,11H2,(H2,21,26)(H,22,23)(H,24,25). The SMILES string of the molecule is NC(=O)c1cccc(Nc2cc(-c3ccc4c(c3)NC(=O)CO4)ccn2)c1. The van der Waals surface area contributed by atoms with Gasteiger partial charge in [0.1, 0.15) is 11.6 Å². The number of nitrogens with zero attached hydrogens (tertiary/aromatic N) is 1. The average Bonchev–Trinajstić information content (AvgIpc) is 2.68. The van der Waals surface area contributed by atoms with Gasteiger partial charge in [0.2, 0.25) is 5.91 Å². The lowest BCUT2D eigenvalue weighted by molar-refractivity contribution is -0.118. The Morgan fingerprint density at radius 1 is 1.11 bits per heavy atom. The fourth-order valence-electron chi connectivity index (χ4n) is 2.84. The molecule has 0 fully saturated rings. The van der Waals surface area contributed by atoms with E-state index in [4.69, 9.17) is 10.5 Å². The Balaban J connectivity index is 1.61. The first kappa shape index (κ1) is 16.6. The number of carbonyl (C=O) groups excluding carboxylic acids is 2. The molecule has 2 amide bonds. The van der Waals surface area contributed by atoms with Crippen molar-refractivity contribution in [2.24, 2.45) is 5.73 Å². The van der Waals surface area contributed by atoms with Crippen molar-refractivity contribution < 1.29 is 14.3 Å². The van der Waals surface area contributed by atoms with Gasteiger partial charge in [-0.2, -0.15) is 0 Å². The molecule has 4 rings (SSSR count). The Bertz CT molecular complexity index is 1050. The maximum atomic E-state index is 11.5. The van der Waals surface area contributed by atoms with E-state index in [1.165, 1.54) is 0 Å². The first-order chi connectivity index (χ1) is 13.1. The van der Waals surface area contributed by atoms with E-state index in [1.807, 2.05) is 36.4 Å². The number of hydrogen-bond acceptors (Lipinski definition) is 5. The number of anilines is 3. The molecular formula is C20H16N4O3. The monoisotopic (exact) mass is 360 g/mol. The topological polar surface area (TPSA) is 106 Å². The smallest absolute Gasteiger partial charge is 0.262 e.